The van der Waals surface area contributed by atoms with Crippen molar-refractivity contribution in [2.24, 2.45) is 0 Å². The van der Waals surface area contributed by atoms with Gasteiger partial charge < -0.3 is 5.11 Å². The van der Waals surface area contributed by atoms with Gasteiger partial charge in [-0.3, -0.25) is 0 Å². The summed E-state index contributed by atoms with van der Waals surface area (Å²) in [5.74, 6) is 0. The Bertz CT molecular complexity index is 447. The van der Waals surface area contributed by atoms with E-state index in [0.29, 0.717) is 0 Å². The van der Waals surface area contributed by atoms with Crippen molar-refractivity contribution < 1.29 is 5.11 Å². The highest BCUT2D eigenvalue weighted by Crippen LogP contribution is 2.28. The van der Waals surface area contributed by atoms with Crippen LogP contribution in [0.25, 0.3) is 0 Å². The third-order valence-corrected chi connectivity index (χ3v) is 3.91. The zero-order chi connectivity index (χ0) is 12.1. The van der Waals surface area contributed by atoms with Gasteiger partial charge in [-0.05, 0) is 35.4 Å². The minimum absolute atomic E-state index is 0.475. The molecule has 0 aliphatic carbocycles. The van der Waals surface area contributed by atoms with Gasteiger partial charge in [-0.25, -0.2) is 0 Å². The van der Waals surface area contributed by atoms with E-state index in [0.717, 1.165) is 16.9 Å². The van der Waals surface area contributed by atoms with E-state index >= 15 is 0 Å². The van der Waals surface area contributed by atoms with Gasteiger partial charge in [0.25, 0.3) is 0 Å². The van der Waals surface area contributed by atoms with Gasteiger partial charge in [0.15, 0.2) is 0 Å². The standard InChI is InChI=1S/C15H18OS/c1-2-3-7-12-10-14(17-11-12)15(16)13-8-5-4-6-9-13/h4-6,8-11,15-16H,2-3,7H2,1H3. The quantitative estimate of drug-likeness (QED) is 0.839. The van der Waals surface area contributed by atoms with Crippen LogP contribution in [0.1, 0.15) is 41.9 Å². The molecule has 90 valence electrons. The minimum atomic E-state index is -0.475. The summed E-state index contributed by atoms with van der Waals surface area (Å²) in [7, 11) is 0. The van der Waals surface area contributed by atoms with Crippen molar-refractivity contribution in [2.45, 2.75) is 32.3 Å². The van der Waals surface area contributed by atoms with Gasteiger partial charge in [0.05, 0.1) is 0 Å². The summed E-state index contributed by atoms with van der Waals surface area (Å²) < 4.78 is 0. The Morgan fingerprint density at radius 1 is 1.24 bits per heavy atom. The Morgan fingerprint density at radius 3 is 2.71 bits per heavy atom. The Kier molecular flexibility index (Phi) is 4.35. The van der Waals surface area contributed by atoms with Crippen LogP contribution < -0.4 is 0 Å². The number of hydrogen-bond acceptors (Lipinski definition) is 2. The molecule has 17 heavy (non-hydrogen) atoms. The van der Waals surface area contributed by atoms with Crippen LogP contribution in [0.5, 0.6) is 0 Å². The number of aliphatic hydroxyl groups excluding tert-OH is 1. The molecule has 1 aromatic heterocycles. The van der Waals surface area contributed by atoms with Crippen LogP contribution in [0, 0.1) is 0 Å². The fourth-order valence-corrected chi connectivity index (χ4v) is 2.81. The highest BCUT2D eigenvalue weighted by atomic mass is 32.1. The van der Waals surface area contributed by atoms with Crippen molar-refractivity contribution in [1.29, 1.82) is 0 Å². The summed E-state index contributed by atoms with van der Waals surface area (Å²) >= 11 is 1.65. The topological polar surface area (TPSA) is 20.2 Å². The van der Waals surface area contributed by atoms with Crippen LogP contribution in [0.3, 0.4) is 0 Å². The predicted molar refractivity (Wildman–Crippen MR) is 73.4 cm³/mol. The lowest BCUT2D eigenvalue weighted by atomic mass is 10.1. The molecule has 1 atom stereocenters. The maximum atomic E-state index is 10.2. The molecule has 0 bridgehead atoms. The summed E-state index contributed by atoms with van der Waals surface area (Å²) in [4.78, 5) is 1.04. The zero-order valence-electron chi connectivity index (χ0n) is 10.1. The van der Waals surface area contributed by atoms with Crippen molar-refractivity contribution in [3.05, 3.63) is 57.8 Å². The average molecular weight is 246 g/mol. The van der Waals surface area contributed by atoms with Gasteiger partial charge in [-0.15, -0.1) is 11.3 Å². The van der Waals surface area contributed by atoms with Crippen molar-refractivity contribution in [3.63, 3.8) is 0 Å². The average Bonchev–Trinajstić information content (AvgIpc) is 2.85. The van der Waals surface area contributed by atoms with Gasteiger partial charge in [0.2, 0.25) is 0 Å². The molecule has 1 unspecified atom stereocenters. The third-order valence-electron chi connectivity index (χ3n) is 2.88. The lowest BCUT2D eigenvalue weighted by molar-refractivity contribution is 0.224. The molecule has 2 rings (SSSR count). The number of thiophene rings is 1. The zero-order valence-corrected chi connectivity index (χ0v) is 10.9. The molecule has 0 saturated heterocycles. The van der Waals surface area contributed by atoms with Crippen LogP contribution in [-0.2, 0) is 6.42 Å². The molecule has 0 saturated carbocycles. The second-order valence-electron chi connectivity index (χ2n) is 4.27. The molecule has 0 aliphatic rings. The highest BCUT2D eigenvalue weighted by Gasteiger charge is 2.12. The minimum Gasteiger partial charge on any atom is -0.383 e. The first-order chi connectivity index (χ1) is 8.31. The lowest BCUT2D eigenvalue weighted by Gasteiger charge is -2.07. The van der Waals surface area contributed by atoms with Crippen molar-refractivity contribution in [2.75, 3.05) is 0 Å². The molecule has 1 aromatic carbocycles. The van der Waals surface area contributed by atoms with Gasteiger partial charge in [0.1, 0.15) is 6.10 Å². The van der Waals surface area contributed by atoms with E-state index in [1.807, 2.05) is 30.3 Å². The smallest absolute Gasteiger partial charge is 0.113 e. The van der Waals surface area contributed by atoms with Crippen molar-refractivity contribution >= 4 is 11.3 Å². The molecule has 1 heterocycles. The summed E-state index contributed by atoms with van der Waals surface area (Å²) in [5.41, 5.74) is 2.32. The molecule has 0 spiro atoms. The highest BCUT2D eigenvalue weighted by molar-refractivity contribution is 7.10. The summed E-state index contributed by atoms with van der Waals surface area (Å²) in [6, 6.07) is 12.0. The first kappa shape index (κ1) is 12.3. The maximum absolute atomic E-state index is 10.2. The third kappa shape index (κ3) is 3.18. The van der Waals surface area contributed by atoms with Crippen LogP contribution in [0.4, 0.5) is 0 Å². The van der Waals surface area contributed by atoms with Crippen LogP contribution in [0.15, 0.2) is 41.8 Å². The number of aryl methyl sites for hydroxylation is 1. The Labute approximate surface area is 107 Å². The number of unbranched alkanes of at least 4 members (excludes halogenated alkanes) is 1. The van der Waals surface area contributed by atoms with E-state index in [1.54, 1.807) is 11.3 Å². The first-order valence-electron chi connectivity index (χ1n) is 6.11. The molecule has 0 amide bonds. The SMILES string of the molecule is CCCCc1csc(C(O)c2ccccc2)c1. The predicted octanol–water partition coefficient (Wildman–Crippen LogP) is 4.17. The van der Waals surface area contributed by atoms with E-state index < -0.39 is 6.10 Å². The first-order valence-corrected chi connectivity index (χ1v) is 6.99. The largest absolute Gasteiger partial charge is 0.383 e. The van der Waals surface area contributed by atoms with E-state index in [9.17, 15) is 5.11 Å². The monoisotopic (exact) mass is 246 g/mol. The van der Waals surface area contributed by atoms with E-state index in [2.05, 4.69) is 18.4 Å². The Morgan fingerprint density at radius 2 is 2.00 bits per heavy atom. The second-order valence-corrected chi connectivity index (χ2v) is 5.22. The molecule has 2 aromatic rings. The van der Waals surface area contributed by atoms with E-state index in [-0.39, 0.29) is 0 Å². The van der Waals surface area contributed by atoms with Crippen molar-refractivity contribution in [1.82, 2.24) is 0 Å². The van der Waals surface area contributed by atoms with Gasteiger partial charge >= 0.3 is 0 Å². The van der Waals surface area contributed by atoms with Gasteiger partial charge in [0, 0.05) is 4.88 Å². The number of aliphatic hydroxyl groups is 1. The van der Waals surface area contributed by atoms with Crippen LogP contribution in [-0.4, -0.2) is 5.11 Å². The fourth-order valence-electron chi connectivity index (χ4n) is 1.85. The molecule has 1 nitrogen and oxygen atoms in total. The molecule has 0 fully saturated rings. The molecular formula is C15H18OS. The van der Waals surface area contributed by atoms with E-state index in [4.69, 9.17) is 0 Å². The summed E-state index contributed by atoms with van der Waals surface area (Å²) in [5, 5.41) is 12.4. The molecule has 0 aliphatic heterocycles. The number of rotatable bonds is 5. The van der Waals surface area contributed by atoms with Gasteiger partial charge in [-0.1, -0.05) is 43.7 Å². The maximum Gasteiger partial charge on any atom is 0.113 e. The normalized spacial score (nSPS) is 12.6. The number of hydrogen-bond donors (Lipinski definition) is 1. The van der Waals surface area contributed by atoms with Crippen LogP contribution in [0.2, 0.25) is 0 Å². The molecule has 1 N–H and O–H groups in total. The van der Waals surface area contributed by atoms with Gasteiger partial charge in [-0.2, -0.15) is 0 Å². The second kappa shape index (κ2) is 5.99. The molecular weight excluding hydrogens is 228 g/mol. The fraction of sp³-hybridized carbons (Fsp3) is 0.333. The van der Waals surface area contributed by atoms with E-state index in [1.165, 1.54) is 18.4 Å². The lowest BCUT2D eigenvalue weighted by Crippen LogP contribution is -1.96. The Balaban J connectivity index is 2.09. The number of benzene rings is 1. The Hall–Kier alpha value is -1.12. The van der Waals surface area contributed by atoms with Crippen LogP contribution >= 0.6 is 11.3 Å². The molecule has 2 heteroatoms. The summed E-state index contributed by atoms with van der Waals surface area (Å²) in [6.07, 6.45) is 3.08. The van der Waals surface area contributed by atoms with Crippen molar-refractivity contribution in [3.8, 4) is 0 Å². The molecule has 0 radical (unpaired) electrons. The summed E-state index contributed by atoms with van der Waals surface area (Å²) in [6.45, 7) is 2.20.